The molecule has 0 atom stereocenters. The molecular formula is C11H20N4O2S. The van der Waals surface area contributed by atoms with E-state index in [4.69, 9.17) is 5.73 Å². The van der Waals surface area contributed by atoms with Crippen LogP contribution in [0.25, 0.3) is 0 Å². The van der Waals surface area contributed by atoms with Crippen LogP contribution in [0, 0.1) is 0 Å². The summed E-state index contributed by atoms with van der Waals surface area (Å²) in [6, 6.07) is 0. The molecule has 0 unspecified atom stereocenters. The van der Waals surface area contributed by atoms with E-state index >= 15 is 0 Å². The fourth-order valence-electron chi connectivity index (χ4n) is 2.85. The van der Waals surface area contributed by atoms with Crippen LogP contribution in [0.2, 0.25) is 0 Å². The predicted molar refractivity (Wildman–Crippen MR) is 68.4 cm³/mol. The van der Waals surface area contributed by atoms with E-state index in [1.54, 1.807) is 4.31 Å². The van der Waals surface area contributed by atoms with Gasteiger partial charge in [-0.05, 0) is 12.8 Å². The minimum absolute atomic E-state index is 0.143. The number of imidazole rings is 1. The van der Waals surface area contributed by atoms with Crippen LogP contribution in [-0.2, 0) is 10.0 Å². The van der Waals surface area contributed by atoms with Crippen LogP contribution in [0.15, 0.2) is 17.6 Å². The maximum Gasteiger partial charge on any atom is 0.260 e. The molecule has 1 aromatic rings. The number of aromatic amines is 1. The van der Waals surface area contributed by atoms with Crippen molar-refractivity contribution in [2.45, 2.75) is 43.2 Å². The zero-order chi connectivity index (χ0) is 13.2. The molecule has 1 saturated carbocycles. The molecule has 0 aliphatic heterocycles. The lowest BCUT2D eigenvalue weighted by atomic mass is 9.98. The zero-order valence-electron chi connectivity index (χ0n) is 10.6. The standard InChI is InChI=1S/C11H20N4O2S/c1-2-15(11(8-12)5-3-4-6-11)18(16,17)10-7-13-9-14-10/h7,9H,2-6,8,12H2,1H3,(H,13,14). The Labute approximate surface area is 108 Å². The smallest absolute Gasteiger partial charge is 0.260 e. The summed E-state index contributed by atoms with van der Waals surface area (Å²) < 4.78 is 26.7. The Morgan fingerprint density at radius 2 is 2.17 bits per heavy atom. The van der Waals surface area contributed by atoms with Crippen LogP contribution in [-0.4, -0.2) is 41.3 Å². The van der Waals surface area contributed by atoms with Gasteiger partial charge in [0, 0.05) is 18.6 Å². The van der Waals surface area contributed by atoms with Gasteiger partial charge in [-0.1, -0.05) is 19.8 Å². The number of hydrogen-bond acceptors (Lipinski definition) is 4. The van der Waals surface area contributed by atoms with Crippen LogP contribution in [0.1, 0.15) is 32.6 Å². The Bertz CT molecular complexity index is 477. The second-order valence-electron chi connectivity index (χ2n) is 4.72. The zero-order valence-corrected chi connectivity index (χ0v) is 11.4. The van der Waals surface area contributed by atoms with E-state index < -0.39 is 15.6 Å². The summed E-state index contributed by atoms with van der Waals surface area (Å²) >= 11 is 0. The number of aromatic nitrogens is 2. The third-order valence-electron chi connectivity index (χ3n) is 3.77. The molecule has 0 aromatic carbocycles. The second kappa shape index (κ2) is 4.99. The van der Waals surface area contributed by atoms with Gasteiger partial charge in [0.05, 0.1) is 12.5 Å². The normalized spacial score (nSPS) is 19.5. The van der Waals surface area contributed by atoms with E-state index in [9.17, 15) is 8.42 Å². The molecule has 1 heterocycles. The number of nitrogens with two attached hydrogens (primary N) is 1. The van der Waals surface area contributed by atoms with Crippen LogP contribution in [0.5, 0.6) is 0 Å². The molecule has 18 heavy (non-hydrogen) atoms. The van der Waals surface area contributed by atoms with Crippen molar-refractivity contribution in [3.05, 3.63) is 12.5 Å². The largest absolute Gasteiger partial charge is 0.335 e. The molecule has 1 aliphatic carbocycles. The molecule has 0 spiro atoms. The van der Waals surface area contributed by atoms with Crippen molar-refractivity contribution in [2.75, 3.05) is 13.1 Å². The number of likely N-dealkylation sites (N-methyl/N-ethyl adjacent to an activating group) is 1. The summed E-state index contributed by atoms with van der Waals surface area (Å²) in [5.74, 6) is 0. The molecule has 0 saturated heterocycles. The summed E-state index contributed by atoms with van der Waals surface area (Å²) in [7, 11) is -3.53. The first-order chi connectivity index (χ1) is 8.57. The summed E-state index contributed by atoms with van der Waals surface area (Å²) in [5.41, 5.74) is 5.45. The molecule has 2 rings (SSSR count). The molecule has 0 radical (unpaired) electrons. The van der Waals surface area contributed by atoms with Crippen molar-refractivity contribution >= 4 is 10.0 Å². The highest BCUT2D eigenvalue weighted by molar-refractivity contribution is 7.89. The first-order valence-electron chi connectivity index (χ1n) is 6.28. The third-order valence-corrected chi connectivity index (χ3v) is 5.78. The SMILES string of the molecule is CCN(C1(CN)CCCC1)S(=O)(=O)c1cnc[nH]1. The van der Waals surface area contributed by atoms with Crippen molar-refractivity contribution in [3.8, 4) is 0 Å². The van der Waals surface area contributed by atoms with Crippen molar-refractivity contribution in [1.82, 2.24) is 14.3 Å². The van der Waals surface area contributed by atoms with Gasteiger partial charge < -0.3 is 10.7 Å². The average Bonchev–Trinajstić information content (AvgIpc) is 3.01. The lowest BCUT2D eigenvalue weighted by Gasteiger charge is -2.38. The van der Waals surface area contributed by atoms with E-state index in [2.05, 4.69) is 9.97 Å². The summed E-state index contributed by atoms with van der Waals surface area (Å²) in [4.78, 5) is 6.46. The topological polar surface area (TPSA) is 92.1 Å². The second-order valence-corrected chi connectivity index (χ2v) is 6.55. The van der Waals surface area contributed by atoms with E-state index in [0.717, 1.165) is 25.7 Å². The summed E-state index contributed by atoms with van der Waals surface area (Å²) in [5, 5.41) is 0.143. The van der Waals surface area contributed by atoms with E-state index in [1.807, 2.05) is 6.92 Å². The first kappa shape index (κ1) is 13.5. The van der Waals surface area contributed by atoms with Crippen LogP contribution < -0.4 is 5.73 Å². The number of hydrogen-bond donors (Lipinski definition) is 2. The number of nitrogens with zero attached hydrogens (tertiary/aromatic N) is 2. The Morgan fingerprint density at radius 1 is 1.50 bits per heavy atom. The number of H-pyrrole nitrogens is 1. The van der Waals surface area contributed by atoms with Gasteiger partial charge in [-0.2, -0.15) is 4.31 Å². The van der Waals surface area contributed by atoms with Gasteiger partial charge in [-0.25, -0.2) is 13.4 Å². The predicted octanol–water partition coefficient (Wildman–Crippen LogP) is 0.692. The number of nitrogens with one attached hydrogen (secondary N) is 1. The maximum absolute atomic E-state index is 12.6. The van der Waals surface area contributed by atoms with Gasteiger partial charge >= 0.3 is 0 Å². The molecule has 7 heteroatoms. The van der Waals surface area contributed by atoms with Gasteiger partial charge in [0.15, 0.2) is 5.03 Å². The van der Waals surface area contributed by atoms with E-state index in [1.165, 1.54) is 12.5 Å². The Morgan fingerprint density at radius 3 is 2.61 bits per heavy atom. The van der Waals surface area contributed by atoms with Crippen molar-refractivity contribution in [2.24, 2.45) is 5.73 Å². The fourth-order valence-corrected chi connectivity index (χ4v) is 4.59. The molecule has 1 aliphatic rings. The highest BCUT2D eigenvalue weighted by Gasteiger charge is 2.44. The summed E-state index contributed by atoms with van der Waals surface area (Å²) in [6.07, 6.45) is 6.47. The van der Waals surface area contributed by atoms with Crippen molar-refractivity contribution in [1.29, 1.82) is 0 Å². The van der Waals surface area contributed by atoms with Crippen molar-refractivity contribution < 1.29 is 8.42 Å². The molecule has 1 fully saturated rings. The highest BCUT2D eigenvalue weighted by atomic mass is 32.2. The third kappa shape index (κ3) is 2.06. The quantitative estimate of drug-likeness (QED) is 0.825. The minimum atomic E-state index is -3.53. The summed E-state index contributed by atoms with van der Waals surface area (Å²) in [6.45, 7) is 2.65. The molecule has 3 N–H and O–H groups in total. The monoisotopic (exact) mass is 272 g/mol. The van der Waals surface area contributed by atoms with Crippen LogP contribution in [0.3, 0.4) is 0 Å². The van der Waals surface area contributed by atoms with E-state index in [0.29, 0.717) is 13.1 Å². The van der Waals surface area contributed by atoms with Crippen LogP contribution >= 0.6 is 0 Å². The maximum atomic E-state index is 12.6. The fraction of sp³-hybridized carbons (Fsp3) is 0.727. The minimum Gasteiger partial charge on any atom is -0.335 e. The first-order valence-corrected chi connectivity index (χ1v) is 7.72. The van der Waals surface area contributed by atoms with Gasteiger partial charge in [0.1, 0.15) is 0 Å². The lowest BCUT2D eigenvalue weighted by molar-refractivity contribution is 0.204. The van der Waals surface area contributed by atoms with Gasteiger partial charge in [-0.15, -0.1) is 0 Å². The van der Waals surface area contributed by atoms with Gasteiger partial charge in [0.25, 0.3) is 10.0 Å². The Hall–Kier alpha value is -0.920. The molecule has 0 bridgehead atoms. The van der Waals surface area contributed by atoms with Crippen LogP contribution in [0.4, 0.5) is 0 Å². The average molecular weight is 272 g/mol. The van der Waals surface area contributed by atoms with Gasteiger partial charge in [0.2, 0.25) is 0 Å². The Kier molecular flexibility index (Phi) is 3.74. The molecule has 102 valence electrons. The molecule has 6 nitrogen and oxygen atoms in total. The van der Waals surface area contributed by atoms with E-state index in [-0.39, 0.29) is 5.03 Å². The lowest BCUT2D eigenvalue weighted by Crippen LogP contribution is -2.54. The highest BCUT2D eigenvalue weighted by Crippen LogP contribution is 2.37. The molecule has 0 amide bonds. The van der Waals surface area contributed by atoms with Gasteiger partial charge in [-0.3, -0.25) is 0 Å². The number of rotatable bonds is 5. The molecule has 1 aromatic heterocycles. The number of sulfonamides is 1. The van der Waals surface area contributed by atoms with Crippen molar-refractivity contribution in [3.63, 3.8) is 0 Å². The Balaban J connectivity index is 2.39. The molecular weight excluding hydrogens is 252 g/mol.